The Kier molecular flexibility index (Phi) is 5.99. The van der Waals surface area contributed by atoms with Gasteiger partial charge in [-0.2, -0.15) is 0 Å². The quantitative estimate of drug-likeness (QED) is 0.797. The summed E-state index contributed by atoms with van der Waals surface area (Å²) >= 11 is 5.69. The van der Waals surface area contributed by atoms with Crippen LogP contribution in [0.5, 0.6) is 0 Å². The number of halogens is 2. The maximum Gasteiger partial charge on any atom is 0.226 e. The van der Waals surface area contributed by atoms with Crippen LogP contribution in [0.3, 0.4) is 0 Å². The Morgan fingerprint density at radius 3 is 2.74 bits per heavy atom. The first kappa shape index (κ1) is 17.3. The fourth-order valence-electron chi connectivity index (χ4n) is 2.37. The fraction of sp³-hybridized carbons (Fsp3) is 0.278. The second kappa shape index (κ2) is 7.97. The molecule has 0 aliphatic carbocycles. The second-order valence-corrected chi connectivity index (χ2v) is 5.72. The largest absolute Gasteiger partial charge is 0.384 e. The summed E-state index contributed by atoms with van der Waals surface area (Å²) in [5.74, 6) is -0.648. The van der Waals surface area contributed by atoms with Gasteiger partial charge in [0.05, 0.1) is 5.02 Å². The van der Waals surface area contributed by atoms with E-state index in [0.29, 0.717) is 18.7 Å². The molecule has 0 aromatic heterocycles. The van der Waals surface area contributed by atoms with E-state index >= 15 is 0 Å². The van der Waals surface area contributed by atoms with E-state index in [2.05, 4.69) is 23.6 Å². The third-order valence-corrected chi connectivity index (χ3v) is 3.89. The first-order valence-corrected chi connectivity index (χ1v) is 7.96. The third kappa shape index (κ3) is 4.70. The van der Waals surface area contributed by atoms with Crippen molar-refractivity contribution in [3.05, 3.63) is 58.4 Å². The van der Waals surface area contributed by atoms with Crippen molar-refractivity contribution in [1.29, 1.82) is 0 Å². The highest BCUT2D eigenvalue weighted by molar-refractivity contribution is 6.31. The number of carbonyl (C=O) groups is 1. The molecule has 0 saturated carbocycles. The molecule has 0 fully saturated rings. The predicted molar refractivity (Wildman–Crippen MR) is 93.7 cm³/mol. The van der Waals surface area contributed by atoms with Crippen LogP contribution in [0.1, 0.15) is 24.5 Å². The van der Waals surface area contributed by atoms with Crippen LogP contribution in [0.2, 0.25) is 5.02 Å². The molecule has 2 rings (SSSR count). The van der Waals surface area contributed by atoms with Crippen LogP contribution in [0.4, 0.5) is 15.8 Å². The Balaban J connectivity index is 1.89. The van der Waals surface area contributed by atoms with Crippen molar-refractivity contribution in [3.63, 3.8) is 0 Å². The summed E-state index contributed by atoms with van der Waals surface area (Å²) < 4.78 is 13.1. The number of amides is 1. The van der Waals surface area contributed by atoms with Crippen molar-refractivity contribution in [3.8, 4) is 0 Å². The molecular formula is C18H20ClFN2O. The highest BCUT2D eigenvalue weighted by atomic mass is 35.5. The van der Waals surface area contributed by atoms with Crippen LogP contribution >= 0.6 is 11.6 Å². The van der Waals surface area contributed by atoms with Gasteiger partial charge in [-0.05, 0) is 42.7 Å². The highest BCUT2D eigenvalue weighted by Gasteiger charge is 2.07. The van der Waals surface area contributed by atoms with Crippen LogP contribution in [0, 0.1) is 12.7 Å². The average molecular weight is 335 g/mol. The Hall–Kier alpha value is -2.07. The number of hydrogen-bond acceptors (Lipinski definition) is 2. The van der Waals surface area contributed by atoms with E-state index in [0.717, 1.165) is 17.7 Å². The molecule has 5 heteroatoms. The normalized spacial score (nSPS) is 10.4. The Labute approximate surface area is 140 Å². The van der Waals surface area contributed by atoms with Crippen molar-refractivity contribution in [1.82, 2.24) is 0 Å². The zero-order chi connectivity index (χ0) is 16.8. The van der Waals surface area contributed by atoms with Gasteiger partial charge < -0.3 is 10.6 Å². The molecule has 2 N–H and O–H groups in total. The van der Waals surface area contributed by atoms with Gasteiger partial charge in [-0.1, -0.05) is 36.7 Å². The lowest BCUT2D eigenvalue weighted by atomic mass is 10.1. The van der Waals surface area contributed by atoms with Crippen molar-refractivity contribution in [2.24, 2.45) is 0 Å². The molecule has 0 atom stereocenters. The molecule has 1 amide bonds. The minimum atomic E-state index is -0.502. The standard InChI is InChI=1S/C18H20ClFN2O/c1-3-13-6-4-5-12(2)18(13)21-10-9-17(23)22-14-7-8-16(20)15(19)11-14/h4-8,11,21H,3,9-10H2,1-2H3,(H,22,23). The molecule has 0 unspecified atom stereocenters. The van der Waals surface area contributed by atoms with E-state index in [9.17, 15) is 9.18 Å². The number of aryl methyl sites for hydroxylation is 2. The molecule has 2 aromatic rings. The summed E-state index contributed by atoms with van der Waals surface area (Å²) in [6.45, 7) is 4.67. The SMILES string of the molecule is CCc1cccc(C)c1NCCC(=O)Nc1ccc(F)c(Cl)c1. The van der Waals surface area contributed by atoms with Crippen LogP contribution in [-0.2, 0) is 11.2 Å². The summed E-state index contributed by atoms with van der Waals surface area (Å²) in [6.07, 6.45) is 1.25. The molecular weight excluding hydrogens is 315 g/mol. The minimum Gasteiger partial charge on any atom is -0.384 e. The van der Waals surface area contributed by atoms with E-state index in [1.807, 2.05) is 19.1 Å². The van der Waals surface area contributed by atoms with E-state index in [-0.39, 0.29) is 10.9 Å². The average Bonchev–Trinajstić information content (AvgIpc) is 2.52. The number of para-hydroxylation sites is 1. The van der Waals surface area contributed by atoms with Crippen LogP contribution < -0.4 is 10.6 Å². The molecule has 122 valence electrons. The van der Waals surface area contributed by atoms with E-state index in [1.54, 1.807) is 0 Å². The van der Waals surface area contributed by atoms with Crippen molar-refractivity contribution in [2.75, 3.05) is 17.2 Å². The van der Waals surface area contributed by atoms with Gasteiger partial charge in [0.15, 0.2) is 0 Å². The molecule has 0 spiro atoms. The van der Waals surface area contributed by atoms with Crippen molar-refractivity contribution in [2.45, 2.75) is 26.7 Å². The number of nitrogens with one attached hydrogen (secondary N) is 2. The molecule has 0 saturated heterocycles. The summed E-state index contributed by atoms with van der Waals surface area (Å²) in [7, 11) is 0. The molecule has 3 nitrogen and oxygen atoms in total. The van der Waals surface area contributed by atoms with Gasteiger partial charge in [0.25, 0.3) is 0 Å². The summed E-state index contributed by atoms with van der Waals surface area (Å²) in [5.41, 5.74) is 3.98. The number of rotatable bonds is 6. The minimum absolute atomic E-state index is 0.00609. The van der Waals surface area contributed by atoms with Gasteiger partial charge in [0, 0.05) is 24.3 Å². The van der Waals surface area contributed by atoms with Gasteiger partial charge in [0.1, 0.15) is 5.82 Å². The van der Waals surface area contributed by atoms with Crippen molar-refractivity contribution >= 4 is 28.9 Å². The molecule has 2 aromatic carbocycles. The summed E-state index contributed by atoms with van der Waals surface area (Å²) in [5, 5.41) is 6.03. The molecule has 0 aliphatic heterocycles. The maximum atomic E-state index is 13.1. The van der Waals surface area contributed by atoms with Crippen molar-refractivity contribution < 1.29 is 9.18 Å². The number of hydrogen-bond donors (Lipinski definition) is 2. The second-order valence-electron chi connectivity index (χ2n) is 5.32. The molecule has 0 heterocycles. The van der Waals surface area contributed by atoms with Crippen LogP contribution in [-0.4, -0.2) is 12.5 Å². The molecule has 23 heavy (non-hydrogen) atoms. The van der Waals surface area contributed by atoms with Crippen LogP contribution in [0.15, 0.2) is 36.4 Å². The maximum absolute atomic E-state index is 13.1. The van der Waals surface area contributed by atoms with Gasteiger partial charge in [-0.15, -0.1) is 0 Å². The lowest BCUT2D eigenvalue weighted by Gasteiger charge is -2.14. The predicted octanol–water partition coefficient (Wildman–Crippen LogP) is 4.79. The number of anilines is 2. The van der Waals surface area contributed by atoms with Gasteiger partial charge in [-0.3, -0.25) is 4.79 Å². The highest BCUT2D eigenvalue weighted by Crippen LogP contribution is 2.21. The van der Waals surface area contributed by atoms with Gasteiger partial charge in [0.2, 0.25) is 5.91 Å². The van der Waals surface area contributed by atoms with E-state index in [4.69, 9.17) is 11.6 Å². The number of benzene rings is 2. The number of carbonyl (C=O) groups excluding carboxylic acids is 1. The van der Waals surface area contributed by atoms with Crippen LogP contribution in [0.25, 0.3) is 0 Å². The van der Waals surface area contributed by atoms with Gasteiger partial charge >= 0.3 is 0 Å². The molecule has 0 bridgehead atoms. The van der Waals surface area contributed by atoms with E-state index in [1.165, 1.54) is 23.8 Å². The van der Waals surface area contributed by atoms with Gasteiger partial charge in [-0.25, -0.2) is 4.39 Å². The fourth-order valence-corrected chi connectivity index (χ4v) is 2.56. The Morgan fingerprint density at radius 1 is 1.26 bits per heavy atom. The first-order valence-electron chi connectivity index (χ1n) is 7.58. The lowest BCUT2D eigenvalue weighted by molar-refractivity contribution is -0.115. The van der Waals surface area contributed by atoms with E-state index < -0.39 is 5.82 Å². The molecule has 0 radical (unpaired) electrons. The smallest absolute Gasteiger partial charge is 0.226 e. The molecule has 0 aliphatic rings. The Morgan fingerprint density at radius 2 is 2.04 bits per heavy atom. The zero-order valence-corrected chi connectivity index (χ0v) is 14.0. The first-order chi connectivity index (χ1) is 11.0. The summed E-state index contributed by atoms with van der Waals surface area (Å²) in [4.78, 5) is 12.0. The summed E-state index contributed by atoms with van der Waals surface area (Å²) in [6, 6.07) is 10.3. The Bertz CT molecular complexity index is 703. The topological polar surface area (TPSA) is 41.1 Å². The third-order valence-electron chi connectivity index (χ3n) is 3.60. The zero-order valence-electron chi connectivity index (χ0n) is 13.2. The lowest BCUT2D eigenvalue weighted by Crippen LogP contribution is -2.17. The monoisotopic (exact) mass is 334 g/mol.